The van der Waals surface area contributed by atoms with Crippen molar-refractivity contribution in [2.45, 2.75) is 45.1 Å². The number of esters is 1. The van der Waals surface area contributed by atoms with Crippen LogP contribution in [0.25, 0.3) is 0 Å². The monoisotopic (exact) mass is 420 g/mol. The third-order valence-electron chi connectivity index (χ3n) is 4.93. The van der Waals surface area contributed by atoms with E-state index in [4.69, 9.17) is 21.1 Å². The number of carbonyl (C=O) groups is 3. The number of carbonyl (C=O) groups excluding carboxylic acids is 3. The van der Waals surface area contributed by atoms with Crippen LogP contribution in [0.2, 0.25) is 5.02 Å². The Labute approximate surface area is 175 Å². The molecule has 2 rings (SSSR count). The summed E-state index contributed by atoms with van der Waals surface area (Å²) in [5.74, 6) is -0.745. The van der Waals surface area contributed by atoms with E-state index in [1.54, 1.807) is 31.2 Å². The second-order valence-electron chi connectivity index (χ2n) is 6.71. The van der Waals surface area contributed by atoms with Gasteiger partial charge in [0.25, 0.3) is 0 Å². The van der Waals surface area contributed by atoms with Crippen molar-refractivity contribution in [2.24, 2.45) is 4.99 Å². The smallest absolute Gasteiger partial charge is 0.413 e. The number of amides is 1. The van der Waals surface area contributed by atoms with Crippen molar-refractivity contribution < 1.29 is 23.9 Å². The number of ketones is 1. The van der Waals surface area contributed by atoms with E-state index in [1.165, 1.54) is 31.3 Å². The van der Waals surface area contributed by atoms with Gasteiger partial charge in [-0.05, 0) is 39.2 Å². The van der Waals surface area contributed by atoms with Gasteiger partial charge in [-0.1, -0.05) is 29.8 Å². The van der Waals surface area contributed by atoms with Crippen LogP contribution >= 0.6 is 11.6 Å². The van der Waals surface area contributed by atoms with Crippen molar-refractivity contribution in [3.63, 3.8) is 0 Å². The lowest BCUT2D eigenvalue weighted by Crippen LogP contribution is -2.54. The SMILES string of the molecule is C/C=N\C=C(\C)C(=O)OCOC(=O)N(C)C1(c2ccccc2Cl)CCCCC1=O. The van der Waals surface area contributed by atoms with Crippen LogP contribution in [0.4, 0.5) is 4.79 Å². The van der Waals surface area contributed by atoms with Gasteiger partial charge in [-0.2, -0.15) is 0 Å². The van der Waals surface area contributed by atoms with Crippen molar-refractivity contribution in [3.05, 3.63) is 46.6 Å². The average molecular weight is 421 g/mol. The topological polar surface area (TPSA) is 85.3 Å². The Kier molecular flexibility index (Phi) is 7.96. The molecule has 8 heteroatoms. The summed E-state index contributed by atoms with van der Waals surface area (Å²) in [6, 6.07) is 6.98. The highest BCUT2D eigenvalue weighted by Crippen LogP contribution is 2.42. The van der Waals surface area contributed by atoms with Gasteiger partial charge < -0.3 is 9.47 Å². The van der Waals surface area contributed by atoms with E-state index in [-0.39, 0.29) is 11.4 Å². The van der Waals surface area contributed by atoms with E-state index in [0.717, 1.165) is 12.8 Å². The zero-order chi connectivity index (χ0) is 21.4. The highest BCUT2D eigenvalue weighted by molar-refractivity contribution is 6.31. The molecule has 1 aromatic rings. The van der Waals surface area contributed by atoms with E-state index < -0.39 is 24.4 Å². The van der Waals surface area contributed by atoms with Crippen LogP contribution < -0.4 is 0 Å². The molecule has 1 atom stereocenters. The van der Waals surface area contributed by atoms with Crippen molar-refractivity contribution in [1.82, 2.24) is 4.90 Å². The number of halogens is 1. The maximum atomic E-state index is 13.0. The normalized spacial score (nSPS) is 19.9. The number of nitrogens with zero attached hydrogens (tertiary/aromatic N) is 2. The van der Waals surface area contributed by atoms with Crippen LogP contribution in [0.15, 0.2) is 41.0 Å². The molecule has 0 bridgehead atoms. The fourth-order valence-electron chi connectivity index (χ4n) is 3.37. The molecule has 0 N–H and O–H groups in total. The number of hydrogen-bond donors (Lipinski definition) is 0. The summed E-state index contributed by atoms with van der Waals surface area (Å²) in [7, 11) is 1.50. The predicted molar refractivity (Wildman–Crippen MR) is 110 cm³/mol. The first-order chi connectivity index (χ1) is 13.8. The first-order valence-electron chi connectivity index (χ1n) is 9.35. The molecule has 1 amide bonds. The fourth-order valence-corrected chi connectivity index (χ4v) is 3.66. The van der Waals surface area contributed by atoms with Gasteiger partial charge in [-0.25, -0.2) is 9.59 Å². The predicted octanol–water partition coefficient (Wildman–Crippen LogP) is 4.24. The van der Waals surface area contributed by atoms with Crippen molar-refractivity contribution in [3.8, 4) is 0 Å². The molecule has 0 spiro atoms. The number of Topliss-reactive ketones (excluding diaryl/α,β-unsaturated/α-hetero) is 1. The van der Waals surface area contributed by atoms with Crippen LogP contribution in [-0.2, 0) is 24.6 Å². The molecular weight excluding hydrogens is 396 g/mol. The maximum absolute atomic E-state index is 13.0. The molecule has 0 heterocycles. The van der Waals surface area contributed by atoms with Crippen LogP contribution in [0.5, 0.6) is 0 Å². The van der Waals surface area contributed by atoms with Crippen molar-refractivity contribution >= 4 is 35.7 Å². The van der Waals surface area contributed by atoms with Gasteiger partial charge in [-0.15, -0.1) is 0 Å². The largest absolute Gasteiger partial charge is 0.424 e. The van der Waals surface area contributed by atoms with Gasteiger partial charge in [0.2, 0.25) is 6.79 Å². The molecular formula is C21H25ClN2O5. The molecule has 0 aliphatic heterocycles. The number of ether oxygens (including phenoxy) is 2. The fraction of sp³-hybridized carbons (Fsp3) is 0.429. The Bertz CT molecular complexity index is 836. The first kappa shape index (κ1) is 22.6. The number of rotatable bonds is 6. The summed E-state index contributed by atoms with van der Waals surface area (Å²) in [5, 5.41) is 0.408. The van der Waals surface area contributed by atoms with E-state index in [9.17, 15) is 14.4 Å². The highest BCUT2D eigenvalue weighted by Gasteiger charge is 2.48. The molecule has 0 radical (unpaired) electrons. The third kappa shape index (κ3) is 5.03. The Morgan fingerprint density at radius 2 is 2.00 bits per heavy atom. The molecule has 1 aromatic carbocycles. The van der Waals surface area contributed by atoms with E-state index in [1.807, 2.05) is 0 Å². The summed E-state index contributed by atoms with van der Waals surface area (Å²) in [4.78, 5) is 42.6. The minimum absolute atomic E-state index is 0.0931. The zero-order valence-electron chi connectivity index (χ0n) is 16.8. The van der Waals surface area contributed by atoms with E-state index >= 15 is 0 Å². The molecule has 1 fully saturated rings. The molecule has 7 nitrogen and oxygen atoms in total. The summed E-state index contributed by atoms with van der Waals surface area (Å²) in [6.07, 6.45) is 4.42. The standard InChI is InChI=1S/C21H25ClN2O5/c1-4-23-13-15(2)19(26)28-14-29-20(27)24(3)21(12-8-7-11-18(21)25)16-9-5-6-10-17(16)22/h4-6,9-10,13H,7-8,11-12,14H2,1-3H3/b15-13-,23-4-. The zero-order valence-corrected chi connectivity index (χ0v) is 17.6. The minimum Gasteiger partial charge on any atom is -0.424 e. The lowest BCUT2D eigenvalue weighted by Gasteiger charge is -2.43. The van der Waals surface area contributed by atoms with Gasteiger partial charge >= 0.3 is 12.1 Å². The maximum Gasteiger partial charge on any atom is 0.413 e. The van der Waals surface area contributed by atoms with Crippen LogP contribution in [0.3, 0.4) is 0 Å². The highest BCUT2D eigenvalue weighted by atomic mass is 35.5. The van der Waals surface area contributed by atoms with Gasteiger partial charge in [0, 0.05) is 36.5 Å². The summed E-state index contributed by atoms with van der Waals surface area (Å²) < 4.78 is 10.0. The second-order valence-corrected chi connectivity index (χ2v) is 7.12. The average Bonchev–Trinajstić information content (AvgIpc) is 2.72. The Morgan fingerprint density at radius 3 is 2.66 bits per heavy atom. The third-order valence-corrected chi connectivity index (χ3v) is 5.26. The second kappa shape index (κ2) is 10.2. The summed E-state index contributed by atoms with van der Waals surface area (Å²) >= 11 is 6.37. The van der Waals surface area contributed by atoms with Crippen molar-refractivity contribution in [1.29, 1.82) is 0 Å². The number of benzene rings is 1. The Balaban J connectivity index is 2.15. The quantitative estimate of drug-likeness (QED) is 0.297. The molecule has 0 saturated heterocycles. The Hall–Kier alpha value is -2.67. The Morgan fingerprint density at radius 1 is 1.28 bits per heavy atom. The molecule has 1 aliphatic carbocycles. The van der Waals surface area contributed by atoms with Gasteiger partial charge in [0.05, 0.1) is 5.57 Å². The molecule has 0 aromatic heterocycles. The molecule has 29 heavy (non-hydrogen) atoms. The van der Waals surface area contributed by atoms with Gasteiger partial charge in [0.15, 0.2) is 5.78 Å². The lowest BCUT2D eigenvalue weighted by molar-refractivity contribution is -0.149. The molecule has 156 valence electrons. The summed E-state index contributed by atoms with van der Waals surface area (Å²) in [6.45, 7) is 2.68. The minimum atomic E-state index is -1.21. The number of likely N-dealkylation sites (N-methyl/N-ethyl adjacent to an activating group) is 1. The van der Waals surface area contributed by atoms with Gasteiger partial charge in [-0.3, -0.25) is 14.7 Å². The van der Waals surface area contributed by atoms with Crippen LogP contribution in [0, 0.1) is 0 Å². The summed E-state index contributed by atoms with van der Waals surface area (Å²) in [5.41, 5.74) is -0.370. The number of aliphatic imine (C=N–C) groups is 1. The first-order valence-corrected chi connectivity index (χ1v) is 9.73. The van der Waals surface area contributed by atoms with Crippen molar-refractivity contribution in [2.75, 3.05) is 13.8 Å². The van der Waals surface area contributed by atoms with E-state index in [0.29, 0.717) is 23.4 Å². The number of hydrogen-bond acceptors (Lipinski definition) is 6. The molecule has 1 unspecified atom stereocenters. The van der Waals surface area contributed by atoms with Crippen LogP contribution in [-0.4, -0.2) is 42.8 Å². The lowest BCUT2D eigenvalue weighted by atomic mass is 9.74. The van der Waals surface area contributed by atoms with Gasteiger partial charge in [0.1, 0.15) is 5.54 Å². The molecule has 1 saturated carbocycles. The molecule has 1 aliphatic rings. The van der Waals surface area contributed by atoms with E-state index in [2.05, 4.69) is 4.99 Å². The van der Waals surface area contributed by atoms with Crippen LogP contribution in [0.1, 0.15) is 45.1 Å².